The van der Waals surface area contributed by atoms with E-state index in [0.29, 0.717) is 34.7 Å². The molecule has 2 aliphatic rings. The van der Waals surface area contributed by atoms with E-state index in [-0.39, 0.29) is 12.5 Å². The number of likely N-dealkylation sites (tertiary alicyclic amines) is 1. The summed E-state index contributed by atoms with van der Waals surface area (Å²) >= 11 is 3.48. The van der Waals surface area contributed by atoms with Crippen LogP contribution in [0.25, 0.3) is 10.9 Å². The van der Waals surface area contributed by atoms with E-state index in [0.717, 1.165) is 28.5 Å². The molecule has 2 heterocycles. The van der Waals surface area contributed by atoms with Crippen molar-refractivity contribution in [2.24, 2.45) is 10.8 Å². The van der Waals surface area contributed by atoms with E-state index in [1.54, 1.807) is 11.8 Å². The molecule has 2 bridgehead atoms. The van der Waals surface area contributed by atoms with Gasteiger partial charge in [-0.15, -0.1) is 0 Å². The lowest BCUT2D eigenvalue weighted by atomic mass is 9.65. The van der Waals surface area contributed by atoms with E-state index in [9.17, 15) is 9.59 Å². The summed E-state index contributed by atoms with van der Waals surface area (Å²) in [7, 11) is 0. The van der Waals surface area contributed by atoms with Gasteiger partial charge >= 0.3 is 5.97 Å². The molecule has 2 aromatic rings. The number of hydrogen-bond acceptors (Lipinski definition) is 3. The monoisotopic (exact) mass is 490 g/mol. The van der Waals surface area contributed by atoms with Crippen molar-refractivity contribution in [3.8, 4) is 0 Å². The van der Waals surface area contributed by atoms with Crippen LogP contribution in [0, 0.1) is 10.8 Å². The molecule has 3 N–H and O–H groups in total. The number of amides is 1. The van der Waals surface area contributed by atoms with Gasteiger partial charge in [-0.3, -0.25) is 4.79 Å². The average molecular weight is 491 g/mol. The van der Waals surface area contributed by atoms with E-state index >= 15 is 0 Å². The number of fused-ring (bicyclic) bond motifs is 3. The van der Waals surface area contributed by atoms with Crippen molar-refractivity contribution in [2.75, 3.05) is 25.0 Å². The van der Waals surface area contributed by atoms with Gasteiger partial charge < -0.3 is 19.9 Å². The summed E-state index contributed by atoms with van der Waals surface area (Å²) in [6.07, 6.45) is 4.19. The Kier molecular flexibility index (Phi) is 5.94. The van der Waals surface area contributed by atoms with Gasteiger partial charge in [-0.2, -0.15) is 0 Å². The predicted molar refractivity (Wildman–Crippen MR) is 125 cm³/mol. The second kappa shape index (κ2) is 8.24. The Morgan fingerprint density at radius 1 is 1.29 bits per heavy atom. The molecule has 2 fully saturated rings. The molecule has 1 saturated heterocycles. The maximum atomic E-state index is 12.9. The lowest BCUT2D eigenvalue weighted by Gasteiger charge is -2.37. The Morgan fingerprint density at radius 3 is 2.81 bits per heavy atom. The van der Waals surface area contributed by atoms with Crippen molar-refractivity contribution in [3.05, 3.63) is 28.4 Å². The highest BCUT2D eigenvalue weighted by Crippen LogP contribution is 2.47. The van der Waals surface area contributed by atoms with Gasteiger partial charge in [-0.25, -0.2) is 4.79 Å². The fourth-order valence-electron chi connectivity index (χ4n) is 6.17. The highest BCUT2D eigenvalue weighted by atomic mass is 79.9. The number of hydrogen-bond donors (Lipinski definition) is 3. The second-order valence-electron chi connectivity index (χ2n) is 10.4. The van der Waals surface area contributed by atoms with Crippen LogP contribution in [0.1, 0.15) is 63.9 Å². The van der Waals surface area contributed by atoms with Gasteiger partial charge in [0.15, 0.2) is 0 Å². The van der Waals surface area contributed by atoms with Crippen molar-refractivity contribution in [1.82, 2.24) is 4.98 Å². The smallest absolute Gasteiger partial charge is 0.356 e. The first kappa shape index (κ1) is 22.3. The molecular weight excluding hydrogens is 458 g/mol. The van der Waals surface area contributed by atoms with Crippen molar-refractivity contribution in [2.45, 2.75) is 59.4 Å². The molecular formula is C24H33BrN3O3+. The molecule has 1 amide bonds. The maximum absolute atomic E-state index is 12.9. The average Bonchev–Trinajstić information content (AvgIpc) is 3.13. The lowest BCUT2D eigenvalue weighted by molar-refractivity contribution is -0.913. The van der Waals surface area contributed by atoms with E-state index < -0.39 is 5.97 Å². The van der Waals surface area contributed by atoms with E-state index in [2.05, 4.69) is 47.0 Å². The van der Waals surface area contributed by atoms with Gasteiger partial charge in [0.1, 0.15) is 5.69 Å². The van der Waals surface area contributed by atoms with Crippen molar-refractivity contribution in [3.63, 3.8) is 0 Å². The third kappa shape index (κ3) is 4.67. The number of H-pyrrole nitrogens is 1. The number of aromatic nitrogens is 1. The van der Waals surface area contributed by atoms with Crippen LogP contribution < -0.4 is 10.2 Å². The standard InChI is InChI=1S/C24H32BrN3O3/c1-5-31-22(30)21-20(17-10-15(25)6-7-18(17)26-21)27-19(29)8-9-28-14-24(4)12-16(28)11-23(2,3)13-24/h6-7,10,16,26H,5,8-9,11-14H2,1-4H3,(H,27,29)/p+1/t16-,24-/m0/s1. The SMILES string of the molecule is CCOC(=O)c1[nH]c2ccc(Br)cc2c1NC(=O)CC[NH+]1C[C@@]2(C)C[C@@H]1CC(C)(C)C2. The molecule has 3 atom stereocenters. The number of anilines is 1. The molecule has 1 aromatic heterocycles. The number of esters is 1. The second-order valence-corrected chi connectivity index (χ2v) is 11.3. The molecule has 0 radical (unpaired) electrons. The Bertz CT molecular complexity index is 1010. The van der Waals surface area contributed by atoms with E-state index in [1.165, 1.54) is 19.3 Å². The summed E-state index contributed by atoms with van der Waals surface area (Å²) in [4.78, 5) is 30.1. The minimum atomic E-state index is -0.459. The number of carbonyl (C=O) groups is 2. The highest BCUT2D eigenvalue weighted by molar-refractivity contribution is 9.10. The van der Waals surface area contributed by atoms with Crippen molar-refractivity contribution in [1.29, 1.82) is 0 Å². The van der Waals surface area contributed by atoms with Crippen molar-refractivity contribution >= 4 is 44.4 Å². The molecule has 7 heteroatoms. The first-order valence-corrected chi connectivity index (χ1v) is 12.0. The van der Waals surface area contributed by atoms with Crippen molar-refractivity contribution < 1.29 is 19.2 Å². The van der Waals surface area contributed by atoms with Crippen LogP contribution in [0.3, 0.4) is 0 Å². The minimum Gasteiger partial charge on any atom is -0.461 e. The van der Waals surface area contributed by atoms with Crippen LogP contribution in [-0.2, 0) is 9.53 Å². The fraction of sp³-hybridized carbons (Fsp3) is 0.583. The predicted octanol–water partition coefficient (Wildman–Crippen LogP) is 3.92. The zero-order chi connectivity index (χ0) is 22.4. The molecule has 1 aliphatic carbocycles. The number of quaternary nitrogens is 1. The number of benzene rings is 1. The zero-order valence-electron chi connectivity index (χ0n) is 18.9. The fourth-order valence-corrected chi connectivity index (χ4v) is 6.53. The maximum Gasteiger partial charge on any atom is 0.356 e. The normalized spacial score (nSPS) is 26.7. The van der Waals surface area contributed by atoms with E-state index in [1.807, 2.05) is 18.2 Å². The first-order valence-electron chi connectivity index (χ1n) is 11.2. The van der Waals surface area contributed by atoms with Gasteiger partial charge in [-0.05, 0) is 37.0 Å². The Morgan fingerprint density at radius 2 is 2.06 bits per heavy atom. The number of halogens is 1. The summed E-state index contributed by atoms with van der Waals surface area (Å²) in [6.45, 7) is 11.2. The molecule has 4 rings (SSSR count). The Labute approximate surface area is 192 Å². The van der Waals surface area contributed by atoms with Gasteiger partial charge in [-0.1, -0.05) is 36.7 Å². The number of carbonyl (C=O) groups excluding carboxylic acids is 2. The third-order valence-electron chi connectivity index (χ3n) is 6.85. The molecule has 1 aromatic carbocycles. The molecule has 168 valence electrons. The van der Waals surface area contributed by atoms with Crippen LogP contribution in [-0.4, -0.2) is 42.6 Å². The lowest BCUT2D eigenvalue weighted by Crippen LogP contribution is -3.14. The highest BCUT2D eigenvalue weighted by Gasteiger charge is 2.52. The third-order valence-corrected chi connectivity index (χ3v) is 7.35. The molecule has 31 heavy (non-hydrogen) atoms. The molecule has 0 spiro atoms. The van der Waals surface area contributed by atoms with Crippen LogP contribution in [0.4, 0.5) is 5.69 Å². The van der Waals surface area contributed by atoms with Crippen LogP contribution in [0.5, 0.6) is 0 Å². The molecule has 1 saturated carbocycles. The summed E-state index contributed by atoms with van der Waals surface area (Å²) in [5, 5.41) is 3.80. The largest absolute Gasteiger partial charge is 0.461 e. The van der Waals surface area contributed by atoms with Gasteiger partial charge in [0, 0.05) is 33.6 Å². The van der Waals surface area contributed by atoms with Crippen LogP contribution >= 0.6 is 15.9 Å². The van der Waals surface area contributed by atoms with Gasteiger partial charge in [0.05, 0.1) is 37.8 Å². The van der Waals surface area contributed by atoms with Crippen LogP contribution in [0.15, 0.2) is 22.7 Å². The molecule has 6 nitrogen and oxygen atoms in total. The number of nitrogens with one attached hydrogen (secondary N) is 3. The van der Waals surface area contributed by atoms with Crippen LogP contribution in [0.2, 0.25) is 0 Å². The van der Waals surface area contributed by atoms with E-state index in [4.69, 9.17) is 4.74 Å². The summed E-state index contributed by atoms with van der Waals surface area (Å²) in [5.41, 5.74) is 2.35. The molecule has 1 aliphatic heterocycles. The number of ether oxygens (including phenoxy) is 1. The zero-order valence-corrected chi connectivity index (χ0v) is 20.4. The Hall–Kier alpha value is -1.86. The summed E-state index contributed by atoms with van der Waals surface area (Å²) in [6, 6.07) is 6.33. The topological polar surface area (TPSA) is 75.6 Å². The first-order chi connectivity index (χ1) is 14.6. The summed E-state index contributed by atoms with van der Waals surface area (Å²) < 4.78 is 6.08. The van der Waals surface area contributed by atoms with Gasteiger partial charge in [0.25, 0.3) is 0 Å². The Balaban J connectivity index is 1.48. The quantitative estimate of drug-likeness (QED) is 0.537. The number of rotatable bonds is 6. The van der Waals surface area contributed by atoms with Gasteiger partial charge in [0.2, 0.25) is 5.91 Å². The number of aromatic amines is 1. The minimum absolute atomic E-state index is 0.0650. The summed E-state index contributed by atoms with van der Waals surface area (Å²) in [5.74, 6) is -0.524. The molecule has 1 unspecified atom stereocenters.